The summed E-state index contributed by atoms with van der Waals surface area (Å²) >= 11 is 0. The van der Waals surface area contributed by atoms with E-state index in [1.54, 1.807) is 0 Å². The van der Waals surface area contributed by atoms with Gasteiger partial charge in [0.1, 0.15) is 0 Å². The Morgan fingerprint density at radius 3 is 2.78 bits per heavy atom. The molecule has 1 aromatic heterocycles. The first-order valence-electron chi connectivity index (χ1n) is 8.26. The molecule has 0 radical (unpaired) electrons. The van der Waals surface area contributed by atoms with Crippen LogP contribution >= 0.6 is 0 Å². The fraction of sp³-hybridized carbons (Fsp3) is 0.500. The largest absolute Gasteiger partial charge is 0.490 e. The van der Waals surface area contributed by atoms with E-state index in [9.17, 15) is 0 Å². The van der Waals surface area contributed by atoms with E-state index in [4.69, 9.17) is 9.47 Å². The molecule has 1 aromatic carbocycles. The van der Waals surface area contributed by atoms with Crippen molar-refractivity contribution in [3.05, 3.63) is 30.0 Å². The van der Waals surface area contributed by atoms with Crippen molar-refractivity contribution in [2.24, 2.45) is 13.0 Å². The third kappa shape index (κ3) is 3.85. The Bertz CT molecular complexity index is 664. The zero-order chi connectivity index (χ0) is 16.2. The Kier molecular flexibility index (Phi) is 4.86. The SMILES string of the molecule is CC(C)CNCc1cn(C)nc1-c1ccc2c(c1)OCCCO2. The number of rotatable bonds is 5. The monoisotopic (exact) mass is 315 g/mol. The van der Waals surface area contributed by atoms with Gasteiger partial charge >= 0.3 is 0 Å². The van der Waals surface area contributed by atoms with E-state index in [0.717, 1.165) is 42.3 Å². The molecule has 5 heteroatoms. The van der Waals surface area contributed by atoms with Crippen molar-refractivity contribution >= 4 is 0 Å². The van der Waals surface area contributed by atoms with Gasteiger partial charge in [0, 0.05) is 37.3 Å². The van der Waals surface area contributed by atoms with E-state index in [1.807, 2.05) is 23.9 Å². The average molecular weight is 315 g/mol. The van der Waals surface area contributed by atoms with Gasteiger partial charge in [0.15, 0.2) is 11.5 Å². The normalized spacial score (nSPS) is 14.1. The topological polar surface area (TPSA) is 48.3 Å². The molecule has 23 heavy (non-hydrogen) atoms. The Balaban J connectivity index is 1.85. The summed E-state index contributed by atoms with van der Waals surface area (Å²) < 4.78 is 13.4. The minimum atomic E-state index is 0.633. The summed E-state index contributed by atoms with van der Waals surface area (Å²) in [7, 11) is 1.96. The highest BCUT2D eigenvalue weighted by Crippen LogP contribution is 2.34. The molecule has 5 nitrogen and oxygen atoms in total. The summed E-state index contributed by atoms with van der Waals surface area (Å²) in [5, 5.41) is 8.12. The van der Waals surface area contributed by atoms with Gasteiger partial charge in [-0.2, -0.15) is 5.10 Å². The predicted molar refractivity (Wildman–Crippen MR) is 90.8 cm³/mol. The van der Waals surface area contributed by atoms with Gasteiger partial charge in [0.05, 0.1) is 18.9 Å². The Hall–Kier alpha value is -2.01. The molecule has 1 aliphatic rings. The molecule has 3 rings (SSSR count). The predicted octanol–water partition coefficient (Wildman–Crippen LogP) is 2.99. The van der Waals surface area contributed by atoms with E-state index in [2.05, 4.69) is 36.5 Å². The highest BCUT2D eigenvalue weighted by Gasteiger charge is 2.15. The molecular formula is C18H25N3O2. The number of aromatic nitrogens is 2. The van der Waals surface area contributed by atoms with Crippen LogP contribution in [0.25, 0.3) is 11.3 Å². The smallest absolute Gasteiger partial charge is 0.161 e. The van der Waals surface area contributed by atoms with Crippen LogP contribution in [0.3, 0.4) is 0 Å². The number of benzene rings is 1. The van der Waals surface area contributed by atoms with Gasteiger partial charge < -0.3 is 14.8 Å². The van der Waals surface area contributed by atoms with Gasteiger partial charge in [-0.15, -0.1) is 0 Å². The summed E-state index contributed by atoms with van der Waals surface area (Å²) in [4.78, 5) is 0. The lowest BCUT2D eigenvalue weighted by Gasteiger charge is -2.10. The molecule has 124 valence electrons. The van der Waals surface area contributed by atoms with Crippen LogP contribution < -0.4 is 14.8 Å². The standard InChI is InChI=1S/C18H25N3O2/c1-13(2)10-19-11-15-12-21(3)20-18(15)14-5-6-16-17(9-14)23-8-4-7-22-16/h5-6,9,12-13,19H,4,7-8,10-11H2,1-3H3. The molecule has 0 atom stereocenters. The van der Waals surface area contributed by atoms with Crippen LogP contribution in [0.15, 0.2) is 24.4 Å². The fourth-order valence-electron chi connectivity index (χ4n) is 2.72. The molecule has 0 bridgehead atoms. The molecule has 1 aliphatic heterocycles. The lowest BCUT2D eigenvalue weighted by atomic mass is 10.1. The second-order valence-electron chi connectivity index (χ2n) is 6.41. The fourth-order valence-corrected chi connectivity index (χ4v) is 2.72. The first-order valence-corrected chi connectivity index (χ1v) is 8.26. The number of nitrogens with one attached hydrogen (secondary N) is 1. The van der Waals surface area contributed by atoms with Gasteiger partial charge in [-0.1, -0.05) is 13.8 Å². The molecular weight excluding hydrogens is 290 g/mol. The highest BCUT2D eigenvalue weighted by molar-refractivity contribution is 5.66. The summed E-state index contributed by atoms with van der Waals surface area (Å²) in [6, 6.07) is 6.08. The molecule has 0 unspecified atom stereocenters. The van der Waals surface area contributed by atoms with Crippen molar-refractivity contribution in [3.63, 3.8) is 0 Å². The molecule has 2 aromatic rings. The zero-order valence-corrected chi connectivity index (χ0v) is 14.1. The van der Waals surface area contributed by atoms with Crippen molar-refractivity contribution < 1.29 is 9.47 Å². The summed E-state index contributed by atoms with van der Waals surface area (Å²) in [5.41, 5.74) is 3.26. The molecule has 1 N–H and O–H groups in total. The number of ether oxygens (including phenoxy) is 2. The van der Waals surface area contributed by atoms with Gasteiger partial charge in [-0.3, -0.25) is 4.68 Å². The van der Waals surface area contributed by atoms with Crippen LogP contribution in [0.2, 0.25) is 0 Å². The van der Waals surface area contributed by atoms with Crippen molar-refractivity contribution in [3.8, 4) is 22.8 Å². The number of fused-ring (bicyclic) bond motifs is 1. The molecule has 0 saturated carbocycles. The molecule has 0 saturated heterocycles. The van der Waals surface area contributed by atoms with Gasteiger partial charge in [0.25, 0.3) is 0 Å². The van der Waals surface area contributed by atoms with Crippen molar-refractivity contribution in [2.75, 3.05) is 19.8 Å². The first kappa shape index (κ1) is 15.9. The highest BCUT2D eigenvalue weighted by atomic mass is 16.5. The second-order valence-corrected chi connectivity index (χ2v) is 6.41. The first-order chi connectivity index (χ1) is 11.1. The Morgan fingerprint density at radius 2 is 2.00 bits per heavy atom. The van der Waals surface area contributed by atoms with Crippen molar-refractivity contribution in [1.29, 1.82) is 0 Å². The number of hydrogen-bond acceptors (Lipinski definition) is 4. The van der Waals surface area contributed by atoms with Crippen LogP contribution in [0.1, 0.15) is 25.8 Å². The van der Waals surface area contributed by atoms with E-state index in [0.29, 0.717) is 19.1 Å². The van der Waals surface area contributed by atoms with Crippen LogP contribution in [-0.4, -0.2) is 29.5 Å². The molecule has 0 spiro atoms. The van der Waals surface area contributed by atoms with Crippen LogP contribution in [0.4, 0.5) is 0 Å². The van der Waals surface area contributed by atoms with E-state index < -0.39 is 0 Å². The molecule has 0 fully saturated rings. The lowest BCUT2D eigenvalue weighted by Crippen LogP contribution is -2.19. The molecule has 2 heterocycles. The quantitative estimate of drug-likeness (QED) is 0.921. The van der Waals surface area contributed by atoms with Crippen LogP contribution in [0.5, 0.6) is 11.5 Å². The summed E-state index contributed by atoms with van der Waals surface area (Å²) in [6.07, 6.45) is 2.99. The maximum absolute atomic E-state index is 5.79. The minimum absolute atomic E-state index is 0.633. The third-order valence-corrected chi connectivity index (χ3v) is 3.79. The average Bonchev–Trinajstić information content (AvgIpc) is 2.74. The number of hydrogen-bond donors (Lipinski definition) is 1. The van der Waals surface area contributed by atoms with E-state index in [-0.39, 0.29) is 0 Å². The summed E-state index contributed by atoms with van der Waals surface area (Å²) in [5.74, 6) is 2.27. The van der Waals surface area contributed by atoms with Crippen LogP contribution in [0, 0.1) is 5.92 Å². The zero-order valence-electron chi connectivity index (χ0n) is 14.1. The van der Waals surface area contributed by atoms with Gasteiger partial charge in [0.2, 0.25) is 0 Å². The lowest BCUT2D eigenvalue weighted by molar-refractivity contribution is 0.297. The minimum Gasteiger partial charge on any atom is -0.490 e. The van der Waals surface area contributed by atoms with Gasteiger partial charge in [-0.05, 0) is 30.7 Å². The van der Waals surface area contributed by atoms with Crippen LogP contribution in [-0.2, 0) is 13.6 Å². The molecule has 0 amide bonds. The Labute approximate surface area is 137 Å². The number of aryl methyl sites for hydroxylation is 1. The second kappa shape index (κ2) is 7.04. The third-order valence-electron chi connectivity index (χ3n) is 3.79. The van der Waals surface area contributed by atoms with Crippen molar-refractivity contribution in [1.82, 2.24) is 15.1 Å². The Morgan fingerprint density at radius 1 is 1.22 bits per heavy atom. The maximum Gasteiger partial charge on any atom is 0.161 e. The van der Waals surface area contributed by atoms with Gasteiger partial charge in [-0.25, -0.2) is 0 Å². The maximum atomic E-state index is 5.79. The van der Waals surface area contributed by atoms with Crippen molar-refractivity contribution in [2.45, 2.75) is 26.8 Å². The number of nitrogens with zero attached hydrogens (tertiary/aromatic N) is 2. The molecule has 0 aliphatic carbocycles. The summed E-state index contributed by atoms with van der Waals surface area (Å²) in [6.45, 7) is 7.63. The van der Waals surface area contributed by atoms with E-state index in [1.165, 1.54) is 5.56 Å². The van der Waals surface area contributed by atoms with E-state index >= 15 is 0 Å².